The number of piperazine rings is 1. The highest BCUT2D eigenvalue weighted by Gasteiger charge is 2.55. The van der Waals surface area contributed by atoms with Gasteiger partial charge in [-0.3, -0.25) is 9.69 Å². The molecule has 1 aliphatic heterocycles. The van der Waals surface area contributed by atoms with Crippen molar-refractivity contribution in [3.05, 3.63) is 71.8 Å². The van der Waals surface area contributed by atoms with Crippen molar-refractivity contribution in [3.8, 4) is 0 Å². The third-order valence-corrected chi connectivity index (χ3v) is 8.69. The number of nitrogens with zero attached hydrogens (tertiary/aromatic N) is 2. The number of rotatable bonds is 4. The van der Waals surface area contributed by atoms with Gasteiger partial charge >= 0.3 is 0 Å². The summed E-state index contributed by atoms with van der Waals surface area (Å²) in [5, 5.41) is 0. The zero-order valence-corrected chi connectivity index (χ0v) is 18.5. The van der Waals surface area contributed by atoms with Crippen LogP contribution in [0, 0.1) is 23.2 Å². The van der Waals surface area contributed by atoms with E-state index in [0.29, 0.717) is 5.91 Å². The summed E-state index contributed by atoms with van der Waals surface area (Å²) in [6, 6.07) is 22.0. The lowest BCUT2D eigenvalue weighted by molar-refractivity contribution is -0.159. The van der Waals surface area contributed by atoms with Crippen molar-refractivity contribution in [2.75, 3.05) is 26.2 Å². The van der Waals surface area contributed by atoms with E-state index in [1.807, 2.05) is 0 Å². The van der Waals surface area contributed by atoms with Crippen LogP contribution in [0.5, 0.6) is 0 Å². The monoisotopic (exact) mass is 414 g/mol. The van der Waals surface area contributed by atoms with Crippen molar-refractivity contribution in [2.45, 2.75) is 44.6 Å². The molecule has 1 heterocycles. The van der Waals surface area contributed by atoms with Crippen molar-refractivity contribution < 1.29 is 4.79 Å². The first kappa shape index (κ1) is 19.5. The summed E-state index contributed by atoms with van der Waals surface area (Å²) in [5.41, 5.74) is 2.68. The minimum absolute atomic E-state index is 0.00478. The van der Waals surface area contributed by atoms with Gasteiger partial charge in [0.15, 0.2) is 0 Å². The Morgan fingerprint density at radius 1 is 0.710 bits per heavy atom. The second kappa shape index (κ2) is 7.78. The Hall–Kier alpha value is -2.13. The van der Waals surface area contributed by atoms with Crippen LogP contribution < -0.4 is 0 Å². The minimum Gasteiger partial charge on any atom is -0.340 e. The maximum absolute atomic E-state index is 13.8. The van der Waals surface area contributed by atoms with E-state index in [1.165, 1.54) is 49.7 Å². The SMILES string of the molecule is O=C(N1CCN(C(c2ccccc2)c2ccccc2)CC1)C12CC3CC(CC(C3)C1)C2. The molecular formula is C28H34N2O. The average molecular weight is 415 g/mol. The highest BCUT2D eigenvalue weighted by Crippen LogP contribution is 2.60. The fraction of sp³-hybridized carbons (Fsp3) is 0.536. The van der Waals surface area contributed by atoms with E-state index < -0.39 is 0 Å². The molecule has 2 aromatic rings. The van der Waals surface area contributed by atoms with E-state index in [9.17, 15) is 4.79 Å². The molecule has 1 amide bonds. The van der Waals surface area contributed by atoms with Crippen LogP contribution in [0.4, 0.5) is 0 Å². The maximum atomic E-state index is 13.8. The van der Waals surface area contributed by atoms with E-state index in [1.54, 1.807) is 0 Å². The molecule has 4 bridgehead atoms. The Morgan fingerprint density at radius 2 is 1.16 bits per heavy atom. The molecule has 0 unspecified atom stereocenters. The zero-order valence-electron chi connectivity index (χ0n) is 18.5. The molecule has 5 aliphatic rings. The quantitative estimate of drug-likeness (QED) is 0.692. The van der Waals surface area contributed by atoms with Crippen LogP contribution in [0.25, 0.3) is 0 Å². The summed E-state index contributed by atoms with van der Waals surface area (Å²) in [4.78, 5) is 18.6. The minimum atomic E-state index is -0.00478. The van der Waals surface area contributed by atoms with E-state index in [2.05, 4.69) is 70.5 Å². The smallest absolute Gasteiger partial charge is 0.228 e. The lowest BCUT2D eigenvalue weighted by atomic mass is 9.49. The van der Waals surface area contributed by atoms with E-state index in [0.717, 1.165) is 43.9 Å². The predicted octanol–water partition coefficient (Wildman–Crippen LogP) is 5.14. The molecule has 0 aromatic heterocycles. The number of carbonyl (C=O) groups excluding carboxylic acids is 1. The average Bonchev–Trinajstić information content (AvgIpc) is 2.80. The van der Waals surface area contributed by atoms with Gasteiger partial charge in [0.25, 0.3) is 0 Å². The third-order valence-electron chi connectivity index (χ3n) is 8.69. The second-order valence-electron chi connectivity index (χ2n) is 10.7. The number of carbonyl (C=O) groups is 1. The van der Waals surface area contributed by atoms with E-state index in [-0.39, 0.29) is 11.5 Å². The largest absolute Gasteiger partial charge is 0.340 e. The van der Waals surface area contributed by atoms with Crippen LogP contribution in [0.2, 0.25) is 0 Å². The molecule has 0 radical (unpaired) electrons. The molecule has 31 heavy (non-hydrogen) atoms. The van der Waals surface area contributed by atoms with Crippen LogP contribution >= 0.6 is 0 Å². The first-order valence-electron chi connectivity index (χ1n) is 12.3. The Labute approximate surface area is 186 Å². The molecule has 5 fully saturated rings. The van der Waals surface area contributed by atoms with Crippen molar-refractivity contribution in [2.24, 2.45) is 23.2 Å². The number of benzene rings is 2. The molecule has 0 spiro atoms. The number of amides is 1. The third kappa shape index (κ3) is 3.51. The lowest BCUT2D eigenvalue weighted by Gasteiger charge is -2.57. The van der Waals surface area contributed by atoms with Gasteiger partial charge in [0.2, 0.25) is 5.91 Å². The number of hydrogen-bond donors (Lipinski definition) is 0. The molecule has 3 heteroatoms. The van der Waals surface area contributed by atoms with Crippen molar-refractivity contribution in [1.29, 1.82) is 0 Å². The fourth-order valence-electron chi connectivity index (χ4n) is 7.78. The van der Waals surface area contributed by atoms with Gasteiger partial charge in [-0.25, -0.2) is 0 Å². The van der Waals surface area contributed by atoms with Crippen LogP contribution in [0.1, 0.15) is 55.7 Å². The molecule has 4 aliphatic carbocycles. The van der Waals surface area contributed by atoms with Gasteiger partial charge in [-0.2, -0.15) is 0 Å². The maximum Gasteiger partial charge on any atom is 0.228 e. The highest BCUT2D eigenvalue weighted by atomic mass is 16.2. The van der Waals surface area contributed by atoms with Crippen LogP contribution in [0.3, 0.4) is 0 Å². The van der Waals surface area contributed by atoms with E-state index in [4.69, 9.17) is 0 Å². The molecule has 4 saturated carbocycles. The summed E-state index contributed by atoms with van der Waals surface area (Å²) < 4.78 is 0. The van der Waals surface area contributed by atoms with Gasteiger partial charge in [0, 0.05) is 26.2 Å². The Balaban J connectivity index is 1.19. The first-order valence-corrected chi connectivity index (χ1v) is 12.3. The Bertz CT molecular complexity index is 842. The van der Waals surface area contributed by atoms with E-state index >= 15 is 0 Å². The van der Waals surface area contributed by atoms with Gasteiger partial charge in [0.05, 0.1) is 11.5 Å². The van der Waals surface area contributed by atoms with Crippen LogP contribution in [0.15, 0.2) is 60.7 Å². The molecule has 3 nitrogen and oxygen atoms in total. The Morgan fingerprint density at radius 3 is 1.61 bits per heavy atom. The van der Waals surface area contributed by atoms with Gasteiger partial charge in [-0.15, -0.1) is 0 Å². The molecule has 162 valence electrons. The summed E-state index contributed by atoms with van der Waals surface area (Å²) in [6.07, 6.45) is 7.72. The Kier molecular flexibility index (Phi) is 4.90. The molecule has 0 N–H and O–H groups in total. The summed E-state index contributed by atoms with van der Waals surface area (Å²) in [7, 11) is 0. The van der Waals surface area contributed by atoms with Gasteiger partial charge in [0.1, 0.15) is 0 Å². The van der Waals surface area contributed by atoms with Crippen molar-refractivity contribution in [3.63, 3.8) is 0 Å². The first-order chi connectivity index (χ1) is 15.2. The van der Waals surface area contributed by atoms with Crippen LogP contribution in [-0.4, -0.2) is 41.9 Å². The predicted molar refractivity (Wildman–Crippen MR) is 123 cm³/mol. The zero-order chi connectivity index (χ0) is 20.8. The standard InChI is InChI=1S/C28H34N2O/c31-27(28-18-21-15-22(19-28)17-23(16-21)20-28)30-13-11-29(12-14-30)26(24-7-3-1-4-8-24)25-9-5-2-6-10-25/h1-10,21-23,26H,11-20H2. The number of hydrogen-bond acceptors (Lipinski definition) is 2. The van der Waals surface area contributed by atoms with Gasteiger partial charge < -0.3 is 4.90 Å². The van der Waals surface area contributed by atoms with Crippen LogP contribution in [-0.2, 0) is 4.79 Å². The highest BCUT2D eigenvalue weighted by molar-refractivity contribution is 5.83. The molecule has 2 aromatic carbocycles. The molecule has 1 saturated heterocycles. The topological polar surface area (TPSA) is 23.6 Å². The van der Waals surface area contributed by atoms with Crippen molar-refractivity contribution >= 4 is 5.91 Å². The van der Waals surface area contributed by atoms with Crippen molar-refractivity contribution in [1.82, 2.24) is 9.80 Å². The van der Waals surface area contributed by atoms with Gasteiger partial charge in [-0.05, 0) is 67.4 Å². The fourth-order valence-corrected chi connectivity index (χ4v) is 7.78. The normalized spacial score (nSPS) is 32.5. The van der Waals surface area contributed by atoms with Gasteiger partial charge in [-0.1, -0.05) is 60.7 Å². The lowest BCUT2D eigenvalue weighted by Crippen LogP contribution is -2.58. The summed E-state index contributed by atoms with van der Waals surface area (Å²) >= 11 is 0. The molecule has 7 rings (SSSR count). The summed E-state index contributed by atoms with van der Waals surface area (Å²) in [6.45, 7) is 3.65. The molecular weight excluding hydrogens is 380 g/mol. The summed E-state index contributed by atoms with van der Waals surface area (Å²) in [5.74, 6) is 2.99. The molecule has 0 atom stereocenters. The second-order valence-corrected chi connectivity index (χ2v) is 10.7.